The number of rotatable bonds is 4. The summed E-state index contributed by atoms with van der Waals surface area (Å²) in [5, 5.41) is 75.6. The zero-order valence-electron chi connectivity index (χ0n) is 38.7. The molecule has 0 bridgehead atoms. The standard InChI is InChI=1S/C22H18N2Si.8C2HF3O2.4Rh/c1-3-7-19(8-4-1)25(20-9-5-2-6-10-20,21-11-15-23-16-12-21)22-13-17-24-18-14-22;8*3-2(4,5)1(6)7;;;;/h1-18H;8*(H,6,7);;;;/q;;;;;;;;;4*+2/p-8. The first kappa shape index (κ1) is 97.6. The van der Waals surface area contributed by atoms with Crippen LogP contribution >= 0.6 is 0 Å². The van der Waals surface area contributed by atoms with Crippen molar-refractivity contribution >= 4 is 76.6 Å². The minimum absolute atomic E-state index is 0. The maximum Gasteiger partial charge on any atom is 2.00 e. The number of nitrogens with zero attached hydrogens (tertiary/aromatic N) is 2. The number of hydrogen-bond donors (Lipinski definition) is 0. The van der Waals surface area contributed by atoms with Gasteiger partial charge in [0, 0.05) is 24.8 Å². The van der Waals surface area contributed by atoms with E-state index in [-0.39, 0.29) is 77.9 Å². The molecule has 0 aliphatic rings. The van der Waals surface area contributed by atoms with Crippen molar-refractivity contribution in [3.8, 4) is 0 Å². The first-order valence-electron chi connectivity index (χ1n) is 18.1. The number of carboxylic acid groups (broad SMARTS) is 8. The third-order valence-corrected chi connectivity index (χ3v) is 11.3. The Morgan fingerprint density at radius 3 is 0.459 bits per heavy atom. The van der Waals surface area contributed by atoms with Crippen LogP contribution in [0.5, 0.6) is 0 Å². The summed E-state index contributed by atoms with van der Waals surface area (Å²) in [5.41, 5.74) is 0. The van der Waals surface area contributed by atoms with E-state index in [1.165, 1.54) is 20.7 Å². The van der Waals surface area contributed by atoms with Crippen LogP contribution in [0.4, 0.5) is 105 Å². The largest absolute Gasteiger partial charge is 2.00 e. The van der Waals surface area contributed by atoms with Crippen LogP contribution in [0.25, 0.3) is 0 Å². The van der Waals surface area contributed by atoms with Crippen molar-refractivity contribution in [1.82, 2.24) is 9.97 Å². The molecule has 0 saturated heterocycles. The molecule has 0 spiro atoms. The van der Waals surface area contributed by atoms with Gasteiger partial charge >= 0.3 is 127 Å². The summed E-state index contributed by atoms with van der Waals surface area (Å²) in [7, 11) is -2.38. The van der Waals surface area contributed by atoms with Crippen LogP contribution in [0.3, 0.4) is 0 Å². The Labute approximate surface area is 505 Å². The predicted octanol–water partition coefficient (Wildman–Crippen LogP) is -3.77. The van der Waals surface area contributed by atoms with Gasteiger partial charge in [-0.15, -0.1) is 0 Å². The molecule has 0 aliphatic carbocycles. The number of halogens is 24. The number of pyridine rings is 2. The fourth-order valence-corrected chi connectivity index (χ4v) is 8.26. The number of carboxylic acids is 8. The number of hydrogen-bond acceptors (Lipinski definition) is 18. The average Bonchev–Trinajstić information content (AvgIpc) is 3.30. The van der Waals surface area contributed by atoms with Gasteiger partial charge in [-0.2, -0.15) is 105 Å². The van der Waals surface area contributed by atoms with E-state index in [9.17, 15) is 105 Å². The molecule has 2 aromatic heterocycles. The van der Waals surface area contributed by atoms with E-state index in [2.05, 4.69) is 94.9 Å². The molecule has 4 radical (unpaired) electrons. The Bertz CT molecular complexity index is 2130. The summed E-state index contributed by atoms with van der Waals surface area (Å²) in [6.45, 7) is 0. The topological polar surface area (TPSA) is 347 Å². The molecule has 0 amide bonds. The van der Waals surface area contributed by atoms with Gasteiger partial charge in [0.15, 0.2) is 8.07 Å². The number of carbonyl (C=O) groups is 8. The van der Waals surface area contributed by atoms with Gasteiger partial charge in [-0.3, -0.25) is 9.97 Å². The van der Waals surface area contributed by atoms with Gasteiger partial charge < -0.3 is 79.2 Å². The van der Waals surface area contributed by atoms with Gasteiger partial charge in [-0.05, 0) is 45.0 Å². The number of carbonyl (C=O) groups excluding carboxylic acids is 8. The van der Waals surface area contributed by atoms with Gasteiger partial charge in [0.25, 0.3) is 0 Å². The van der Waals surface area contributed by atoms with E-state index in [1.807, 2.05) is 24.8 Å². The quantitative estimate of drug-likeness (QED) is 0.140. The van der Waals surface area contributed by atoms with E-state index >= 15 is 0 Å². The van der Waals surface area contributed by atoms with Crippen molar-refractivity contribution < 1.29 is 262 Å². The van der Waals surface area contributed by atoms with E-state index < -0.39 is 105 Å². The van der Waals surface area contributed by atoms with Crippen molar-refractivity contribution in [1.29, 1.82) is 0 Å². The van der Waals surface area contributed by atoms with Gasteiger partial charge in [-0.25, -0.2) is 0 Å². The van der Waals surface area contributed by atoms with E-state index in [1.54, 1.807) is 0 Å². The zero-order chi connectivity index (χ0) is 65.6. The van der Waals surface area contributed by atoms with Crippen molar-refractivity contribution in [2.24, 2.45) is 0 Å². The van der Waals surface area contributed by atoms with Crippen LogP contribution in [0, 0.1) is 0 Å². The van der Waals surface area contributed by atoms with Crippen LogP contribution in [-0.4, -0.2) is 115 Å². The van der Waals surface area contributed by atoms with E-state index in [4.69, 9.17) is 79.2 Å². The fourth-order valence-electron chi connectivity index (χ4n) is 3.58. The van der Waals surface area contributed by atoms with E-state index in [0.29, 0.717) is 0 Å². The predicted molar refractivity (Wildman–Crippen MR) is 194 cm³/mol. The van der Waals surface area contributed by atoms with Crippen LogP contribution in [0.2, 0.25) is 0 Å². The summed E-state index contributed by atoms with van der Waals surface area (Å²) in [4.78, 5) is 78.8. The van der Waals surface area contributed by atoms with Gasteiger partial charge in [-0.1, -0.05) is 60.7 Å². The second kappa shape index (κ2) is 42.4. The Kier molecular flexibility index (Phi) is 48.7. The average molecular weight is 1650 g/mol. The van der Waals surface area contributed by atoms with Crippen molar-refractivity contribution in [3.63, 3.8) is 0 Å². The zero-order valence-corrected chi connectivity index (χ0v) is 46.3. The number of benzene rings is 2. The summed E-state index contributed by atoms with van der Waals surface area (Å²) in [6, 6.07) is 30.3. The minimum atomic E-state index is -5.19. The molecule has 0 atom stereocenters. The summed E-state index contributed by atoms with van der Waals surface area (Å²) in [5.74, 6) is -24.1. The molecule has 85 heavy (non-hydrogen) atoms. The Morgan fingerprint density at radius 1 is 0.247 bits per heavy atom. The summed E-state index contributed by atoms with van der Waals surface area (Å²) >= 11 is 0. The molecule has 18 nitrogen and oxygen atoms in total. The third kappa shape index (κ3) is 46.5. The summed E-state index contributed by atoms with van der Waals surface area (Å²) < 4.78 is 252. The van der Waals surface area contributed by atoms with Crippen molar-refractivity contribution in [3.05, 3.63) is 110 Å². The van der Waals surface area contributed by atoms with Crippen LogP contribution < -0.4 is 61.6 Å². The van der Waals surface area contributed by atoms with Gasteiger partial charge in [0.2, 0.25) is 0 Å². The Hall–Kier alpha value is -6.47. The normalized spacial score (nSPS) is 10.7. The molecular formula is C38H18F24N2O16Rh4Si. The Morgan fingerprint density at radius 2 is 0.353 bits per heavy atom. The van der Waals surface area contributed by atoms with Crippen LogP contribution in [-0.2, 0) is 116 Å². The maximum absolute atomic E-state index is 10.5. The second-order valence-electron chi connectivity index (χ2n) is 12.2. The van der Waals surface area contributed by atoms with Crippen LogP contribution in [0.1, 0.15) is 0 Å². The first-order chi connectivity index (χ1) is 36.0. The molecule has 4 aromatic rings. The maximum atomic E-state index is 10.5. The first-order valence-corrected chi connectivity index (χ1v) is 20.1. The van der Waals surface area contributed by atoms with Gasteiger partial charge in [0.1, 0.15) is 47.8 Å². The summed E-state index contributed by atoms with van der Waals surface area (Å²) in [6.07, 6.45) is -34.0. The van der Waals surface area contributed by atoms with E-state index in [0.717, 1.165) is 0 Å². The minimum Gasteiger partial charge on any atom is -0.542 e. The SMILES string of the molecule is O=C([O-])C(F)(F)F.O=C([O-])C(F)(F)F.O=C([O-])C(F)(F)F.O=C([O-])C(F)(F)F.O=C([O-])C(F)(F)F.O=C([O-])C(F)(F)F.O=C([O-])C(F)(F)F.O=C([O-])C(F)(F)F.[Rh+2].[Rh+2].[Rh+2].[Rh+2].c1ccc([Si](c2ccccc2)(c2ccncc2)c2ccncc2)cc1. The van der Waals surface area contributed by atoms with Crippen molar-refractivity contribution in [2.45, 2.75) is 49.4 Å². The Balaban J connectivity index is -0.000000117. The molecule has 484 valence electrons. The molecule has 0 unspecified atom stereocenters. The fraction of sp³-hybridized carbons (Fsp3) is 0.211. The van der Waals surface area contributed by atoms with Crippen molar-refractivity contribution in [2.75, 3.05) is 0 Å². The molecule has 4 rings (SSSR count). The van der Waals surface area contributed by atoms with Gasteiger partial charge in [0.05, 0.1) is 0 Å². The molecule has 0 N–H and O–H groups in total. The molecule has 0 fully saturated rings. The second-order valence-corrected chi connectivity index (χ2v) is 16.0. The monoisotopic (exact) mass is 1650 g/mol. The van der Waals surface area contributed by atoms with Crippen LogP contribution in [0.15, 0.2) is 110 Å². The molecule has 0 aliphatic heterocycles. The molecule has 47 heteroatoms. The molecule has 2 heterocycles. The molecule has 0 saturated carbocycles. The number of aromatic nitrogens is 2. The molecule has 2 aromatic carbocycles. The number of alkyl halides is 24. The smallest absolute Gasteiger partial charge is 0.542 e. The molecular weight excluding hydrogens is 1640 g/mol. The third-order valence-electron chi connectivity index (χ3n) is 6.49. The number of aliphatic carboxylic acids is 8.